The molecule has 0 spiro atoms. The van der Waals surface area contributed by atoms with Gasteiger partial charge in [-0.05, 0) is 43.0 Å². The molecule has 99 valence electrons. The van der Waals surface area contributed by atoms with E-state index >= 15 is 0 Å². The van der Waals surface area contributed by atoms with E-state index in [1.807, 2.05) is 36.4 Å². The molecule has 0 amide bonds. The second-order valence-electron chi connectivity index (χ2n) is 4.84. The number of benzene rings is 2. The average molecular weight is 253 g/mol. The van der Waals surface area contributed by atoms with Gasteiger partial charge in [-0.1, -0.05) is 50.1 Å². The van der Waals surface area contributed by atoms with Crippen molar-refractivity contribution in [1.29, 1.82) is 0 Å². The van der Waals surface area contributed by atoms with Gasteiger partial charge in [-0.3, -0.25) is 0 Å². The number of para-hydroxylation sites is 1. The maximum atomic E-state index is 5.97. The van der Waals surface area contributed by atoms with Crippen molar-refractivity contribution in [2.24, 2.45) is 0 Å². The zero-order valence-corrected chi connectivity index (χ0v) is 11.8. The van der Waals surface area contributed by atoms with Crippen LogP contribution in [0.4, 0.5) is 0 Å². The van der Waals surface area contributed by atoms with Crippen molar-refractivity contribution in [2.75, 3.05) is 0 Å². The molecule has 1 nitrogen and oxygen atoms in total. The van der Waals surface area contributed by atoms with Crippen molar-refractivity contribution in [2.45, 2.75) is 39.5 Å². The lowest BCUT2D eigenvalue weighted by atomic mass is 10.0. The fraction of sp³-hybridized carbons (Fsp3) is 0.333. The molecule has 0 heterocycles. The van der Waals surface area contributed by atoms with Gasteiger partial charge in [-0.25, -0.2) is 0 Å². The molecule has 19 heavy (non-hydrogen) atoms. The fourth-order valence-corrected chi connectivity index (χ4v) is 2.17. The monoisotopic (exact) mass is 253 g/mol. The Morgan fingerprint density at radius 2 is 1.84 bits per heavy atom. The van der Waals surface area contributed by atoms with Crippen LogP contribution in [0.15, 0.2) is 42.5 Å². The molecule has 1 radical (unpaired) electrons. The Balaban J connectivity index is 2.17. The van der Waals surface area contributed by atoms with E-state index < -0.39 is 0 Å². The molecule has 0 saturated carbocycles. The van der Waals surface area contributed by atoms with Gasteiger partial charge in [-0.2, -0.15) is 0 Å². The van der Waals surface area contributed by atoms with Crippen molar-refractivity contribution in [3.05, 3.63) is 59.7 Å². The third kappa shape index (κ3) is 3.85. The highest BCUT2D eigenvalue weighted by Crippen LogP contribution is 2.28. The van der Waals surface area contributed by atoms with Gasteiger partial charge in [0, 0.05) is 6.07 Å². The van der Waals surface area contributed by atoms with Crippen LogP contribution < -0.4 is 4.74 Å². The van der Waals surface area contributed by atoms with E-state index in [1.165, 1.54) is 30.4 Å². The minimum atomic E-state index is 0.876. The second kappa shape index (κ2) is 6.98. The summed E-state index contributed by atoms with van der Waals surface area (Å²) in [5, 5.41) is 0. The van der Waals surface area contributed by atoms with Crippen molar-refractivity contribution in [1.82, 2.24) is 0 Å². The van der Waals surface area contributed by atoms with E-state index in [2.05, 4.69) is 26.0 Å². The molecule has 0 aliphatic rings. The van der Waals surface area contributed by atoms with E-state index in [4.69, 9.17) is 4.74 Å². The van der Waals surface area contributed by atoms with Gasteiger partial charge in [0.2, 0.25) is 0 Å². The third-order valence-electron chi connectivity index (χ3n) is 3.29. The van der Waals surface area contributed by atoms with Crippen LogP contribution in [0, 0.1) is 13.0 Å². The van der Waals surface area contributed by atoms with Crippen LogP contribution in [0.5, 0.6) is 11.5 Å². The quantitative estimate of drug-likeness (QED) is 0.633. The zero-order chi connectivity index (χ0) is 13.5. The summed E-state index contributed by atoms with van der Waals surface area (Å²) in [5.41, 5.74) is 2.58. The molecule has 0 unspecified atom stereocenters. The van der Waals surface area contributed by atoms with E-state index in [0.717, 1.165) is 17.9 Å². The molecule has 0 N–H and O–H groups in total. The summed E-state index contributed by atoms with van der Waals surface area (Å²) in [6.45, 7) is 4.37. The predicted octanol–water partition coefficient (Wildman–Crippen LogP) is 5.32. The molecular formula is C18H21O. The Hall–Kier alpha value is -1.76. The van der Waals surface area contributed by atoms with Crippen LogP contribution >= 0.6 is 0 Å². The normalized spacial score (nSPS) is 10.4. The molecule has 0 aliphatic carbocycles. The van der Waals surface area contributed by atoms with Gasteiger partial charge >= 0.3 is 0 Å². The lowest BCUT2D eigenvalue weighted by Crippen LogP contribution is -1.96. The Morgan fingerprint density at radius 3 is 2.58 bits per heavy atom. The second-order valence-corrected chi connectivity index (χ2v) is 4.84. The molecule has 2 aromatic rings. The lowest BCUT2D eigenvalue weighted by molar-refractivity contribution is 0.473. The fourth-order valence-electron chi connectivity index (χ4n) is 2.17. The predicted molar refractivity (Wildman–Crippen MR) is 79.8 cm³/mol. The first-order chi connectivity index (χ1) is 9.31. The Morgan fingerprint density at radius 1 is 1.05 bits per heavy atom. The van der Waals surface area contributed by atoms with Crippen molar-refractivity contribution in [3.8, 4) is 11.5 Å². The molecular weight excluding hydrogens is 232 g/mol. The standard InChI is InChI=1S/C18H21O/c1-3-4-6-13-17-15(2)10-9-14-18(17)19-16-11-7-5-8-12-16/h5,7-12H,3-4,6,13H2,1-2H3. The first-order valence-corrected chi connectivity index (χ1v) is 7.04. The summed E-state index contributed by atoms with van der Waals surface area (Å²) >= 11 is 0. The summed E-state index contributed by atoms with van der Waals surface area (Å²) in [6.07, 6.45) is 4.78. The van der Waals surface area contributed by atoms with E-state index in [-0.39, 0.29) is 0 Å². The van der Waals surface area contributed by atoms with Crippen molar-refractivity contribution < 1.29 is 4.74 Å². The van der Waals surface area contributed by atoms with Crippen molar-refractivity contribution in [3.63, 3.8) is 0 Å². The highest BCUT2D eigenvalue weighted by molar-refractivity contribution is 5.41. The number of rotatable bonds is 6. The summed E-state index contributed by atoms with van der Waals surface area (Å²) in [5.74, 6) is 1.75. The highest BCUT2D eigenvalue weighted by Gasteiger charge is 2.07. The summed E-state index contributed by atoms with van der Waals surface area (Å²) in [4.78, 5) is 0. The van der Waals surface area contributed by atoms with Crippen molar-refractivity contribution >= 4 is 0 Å². The van der Waals surface area contributed by atoms with Crippen LogP contribution in [0.3, 0.4) is 0 Å². The smallest absolute Gasteiger partial charge is 0.138 e. The molecule has 0 saturated heterocycles. The van der Waals surface area contributed by atoms with Crippen LogP contribution in [0.1, 0.15) is 37.3 Å². The molecule has 1 heteroatoms. The number of ether oxygens (including phenoxy) is 1. The molecule has 0 aliphatic heterocycles. The number of unbranched alkanes of at least 4 members (excludes halogenated alkanes) is 2. The van der Waals surface area contributed by atoms with Gasteiger partial charge < -0.3 is 4.74 Å². The van der Waals surface area contributed by atoms with Gasteiger partial charge in [0.05, 0.1) is 0 Å². The van der Waals surface area contributed by atoms with E-state index in [0.29, 0.717) is 0 Å². The molecule has 2 aromatic carbocycles. The maximum absolute atomic E-state index is 5.97. The highest BCUT2D eigenvalue weighted by atomic mass is 16.5. The molecule has 0 fully saturated rings. The minimum Gasteiger partial charge on any atom is -0.456 e. The average Bonchev–Trinajstić information content (AvgIpc) is 2.43. The first-order valence-electron chi connectivity index (χ1n) is 7.04. The number of aryl methyl sites for hydroxylation is 1. The maximum Gasteiger partial charge on any atom is 0.138 e. The van der Waals surface area contributed by atoms with Crippen LogP contribution in [-0.2, 0) is 6.42 Å². The molecule has 0 atom stereocenters. The van der Waals surface area contributed by atoms with Crippen LogP contribution in [0.2, 0.25) is 0 Å². The van der Waals surface area contributed by atoms with E-state index in [1.54, 1.807) is 0 Å². The minimum absolute atomic E-state index is 0.876. The number of hydrogen-bond donors (Lipinski definition) is 0. The zero-order valence-electron chi connectivity index (χ0n) is 11.8. The summed E-state index contributed by atoms with van der Waals surface area (Å²) in [7, 11) is 0. The number of hydrogen-bond acceptors (Lipinski definition) is 1. The van der Waals surface area contributed by atoms with Gasteiger partial charge in [0.25, 0.3) is 0 Å². The topological polar surface area (TPSA) is 9.23 Å². The van der Waals surface area contributed by atoms with Crippen LogP contribution in [-0.4, -0.2) is 0 Å². The third-order valence-corrected chi connectivity index (χ3v) is 3.29. The van der Waals surface area contributed by atoms with Gasteiger partial charge in [0.15, 0.2) is 0 Å². The van der Waals surface area contributed by atoms with Gasteiger partial charge in [-0.15, -0.1) is 0 Å². The molecule has 0 bridgehead atoms. The molecule has 0 aromatic heterocycles. The Kier molecular flexibility index (Phi) is 5.02. The summed E-state index contributed by atoms with van der Waals surface area (Å²) < 4.78 is 5.97. The molecule has 2 rings (SSSR count). The van der Waals surface area contributed by atoms with Crippen LogP contribution in [0.25, 0.3) is 0 Å². The van der Waals surface area contributed by atoms with Gasteiger partial charge in [0.1, 0.15) is 11.5 Å². The lowest BCUT2D eigenvalue weighted by Gasteiger charge is -2.13. The summed E-state index contributed by atoms with van der Waals surface area (Å²) in [6, 6.07) is 17.2. The van der Waals surface area contributed by atoms with E-state index in [9.17, 15) is 0 Å². The largest absolute Gasteiger partial charge is 0.456 e. The Bertz CT molecular complexity index is 502. The Labute approximate surface area is 116 Å². The first kappa shape index (κ1) is 13.7. The SMILES string of the molecule is CCCCCc1c(Oc2ccccc2)[c]ccc1C.